The topological polar surface area (TPSA) is 15.3 Å². The molecule has 0 aromatic heterocycles. The Morgan fingerprint density at radius 2 is 2.00 bits per heavy atom. The van der Waals surface area contributed by atoms with Gasteiger partial charge in [-0.25, -0.2) is 0 Å². The lowest BCUT2D eigenvalue weighted by molar-refractivity contribution is 0.200. The van der Waals surface area contributed by atoms with Gasteiger partial charge in [-0.3, -0.25) is 0 Å². The first-order valence-electron chi connectivity index (χ1n) is 8.70. The highest BCUT2D eigenvalue weighted by Crippen LogP contribution is 2.39. The number of nitrogens with one attached hydrogen (secondary N) is 1. The molecule has 1 heterocycles. The molecule has 2 unspecified atom stereocenters. The lowest BCUT2D eigenvalue weighted by Crippen LogP contribution is -2.47. The van der Waals surface area contributed by atoms with Crippen LogP contribution in [0.5, 0.6) is 0 Å². The van der Waals surface area contributed by atoms with Crippen LogP contribution < -0.4 is 5.32 Å². The van der Waals surface area contributed by atoms with Gasteiger partial charge in [-0.1, -0.05) is 39.5 Å². The third-order valence-corrected chi connectivity index (χ3v) is 6.96. The SMILES string of the molecule is CCC(C)C1CN(CC2(SC)CCCCC2)CCCN1. The Morgan fingerprint density at radius 1 is 1.25 bits per heavy atom. The Bertz CT molecular complexity index is 276. The van der Waals surface area contributed by atoms with E-state index in [0.29, 0.717) is 10.8 Å². The number of hydrogen-bond donors (Lipinski definition) is 1. The van der Waals surface area contributed by atoms with Crippen molar-refractivity contribution in [3.63, 3.8) is 0 Å². The van der Waals surface area contributed by atoms with Crippen molar-refractivity contribution in [2.24, 2.45) is 5.92 Å². The van der Waals surface area contributed by atoms with Crippen molar-refractivity contribution in [1.82, 2.24) is 10.2 Å². The van der Waals surface area contributed by atoms with Crippen molar-refractivity contribution >= 4 is 11.8 Å². The van der Waals surface area contributed by atoms with E-state index in [1.807, 2.05) is 0 Å². The molecule has 2 atom stereocenters. The highest BCUT2D eigenvalue weighted by molar-refractivity contribution is 8.00. The maximum Gasteiger partial charge on any atom is 0.0284 e. The first kappa shape index (κ1) is 16.6. The summed E-state index contributed by atoms with van der Waals surface area (Å²) in [5.41, 5.74) is 0. The van der Waals surface area contributed by atoms with Gasteiger partial charge in [0.15, 0.2) is 0 Å². The summed E-state index contributed by atoms with van der Waals surface area (Å²) in [6.07, 6.45) is 12.2. The molecule has 1 saturated carbocycles. The van der Waals surface area contributed by atoms with Gasteiger partial charge >= 0.3 is 0 Å². The normalized spacial score (nSPS) is 29.9. The Hall–Kier alpha value is 0.270. The van der Waals surface area contributed by atoms with Gasteiger partial charge in [-0.05, 0) is 44.5 Å². The van der Waals surface area contributed by atoms with E-state index in [9.17, 15) is 0 Å². The summed E-state index contributed by atoms with van der Waals surface area (Å²) < 4.78 is 0.558. The van der Waals surface area contributed by atoms with Crippen LogP contribution in [0.1, 0.15) is 58.8 Å². The molecule has 2 fully saturated rings. The summed E-state index contributed by atoms with van der Waals surface area (Å²) in [4.78, 5) is 2.78. The van der Waals surface area contributed by atoms with Crippen LogP contribution in [0.15, 0.2) is 0 Å². The molecule has 2 rings (SSSR count). The molecule has 1 saturated heterocycles. The maximum absolute atomic E-state index is 3.78. The predicted octanol–water partition coefficient (Wildman–Crippen LogP) is 3.76. The second kappa shape index (κ2) is 8.05. The van der Waals surface area contributed by atoms with Crippen LogP contribution in [0, 0.1) is 5.92 Å². The molecule has 3 heteroatoms. The van der Waals surface area contributed by atoms with Gasteiger partial charge in [0.1, 0.15) is 0 Å². The molecular formula is C17H34N2S. The average Bonchev–Trinajstić information content (AvgIpc) is 2.73. The monoisotopic (exact) mass is 298 g/mol. The Kier molecular flexibility index (Phi) is 6.70. The van der Waals surface area contributed by atoms with Crippen LogP contribution in [-0.4, -0.2) is 48.1 Å². The number of rotatable bonds is 5. The summed E-state index contributed by atoms with van der Waals surface area (Å²) in [5.74, 6) is 0.798. The minimum Gasteiger partial charge on any atom is -0.312 e. The molecule has 1 aliphatic carbocycles. The van der Waals surface area contributed by atoms with Crippen molar-refractivity contribution < 1.29 is 0 Å². The lowest BCUT2D eigenvalue weighted by atomic mass is 9.87. The van der Waals surface area contributed by atoms with Crippen LogP contribution in [-0.2, 0) is 0 Å². The van der Waals surface area contributed by atoms with Crippen molar-refractivity contribution in [1.29, 1.82) is 0 Å². The van der Waals surface area contributed by atoms with Crippen LogP contribution in [0.2, 0.25) is 0 Å². The Labute approximate surface area is 130 Å². The molecule has 0 amide bonds. The Balaban J connectivity index is 1.95. The van der Waals surface area contributed by atoms with E-state index in [0.717, 1.165) is 5.92 Å². The zero-order valence-electron chi connectivity index (χ0n) is 13.8. The van der Waals surface area contributed by atoms with E-state index in [4.69, 9.17) is 0 Å². The van der Waals surface area contributed by atoms with Gasteiger partial charge in [-0.15, -0.1) is 0 Å². The second-order valence-corrected chi connectivity index (χ2v) is 8.26. The molecule has 0 radical (unpaired) electrons. The van der Waals surface area contributed by atoms with Crippen molar-refractivity contribution in [2.75, 3.05) is 32.4 Å². The molecule has 20 heavy (non-hydrogen) atoms. The number of nitrogens with zero attached hydrogens (tertiary/aromatic N) is 1. The molecule has 0 aromatic rings. The summed E-state index contributed by atoms with van der Waals surface area (Å²) in [6, 6.07) is 0.699. The van der Waals surface area contributed by atoms with E-state index in [1.165, 1.54) is 71.1 Å². The van der Waals surface area contributed by atoms with Crippen LogP contribution in [0.4, 0.5) is 0 Å². The fourth-order valence-electron chi connectivity index (χ4n) is 3.86. The minimum atomic E-state index is 0.558. The molecule has 2 nitrogen and oxygen atoms in total. The molecule has 0 bridgehead atoms. The zero-order chi connectivity index (χ0) is 14.4. The molecule has 0 spiro atoms. The third kappa shape index (κ3) is 4.38. The molecule has 2 aliphatic rings. The van der Waals surface area contributed by atoms with Gasteiger partial charge in [0.2, 0.25) is 0 Å². The van der Waals surface area contributed by atoms with Gasteiger partial charge in [0.25, 0.3) is 0 Å². The largest absolute Gasteiger partial charge is 0.312 e. The first-order valence-corrected chi connectivity index (χ1v) is 9.92. The van der Waals surface area contributed by atoms with Crippen LogP contribution in [0.3, 0.4) is 0 Å². The van der Waals surface area contributed by atoms with E-state index in [2.05, 4.69) is 42.1 Å². The van der Waals surface area contributed by atoms with E-state index in [-0.39, 0.29) is 0 Å². The minimum absolute atomic E-state index is 0.558. The molecule has 118 valence electrons. The predicted molar refractivity (Wildman–Crippen MR) is 91.6 cm³/mol. The van der Waals surface area contributed by atoms with Crippen LogP contribution >= 0.6 is 11.8 Å². The Morgan fingerprint density at radius 3 is 2.65 bits per heavy atom. The smallest absolute Gasteiger partial charge is 0.0284 e. The van der Waals surface area contributed by atoms with E-state index >= 15 is 0 Å². The fraction of sp³-hybridized carbons (Fsp3) is 1.00. The molecule has 1 aliphatic heterocycles. The highest BCUT2D eigenvalue weighted by Gasteiger charge is 2.34. The molecule has 0 aromatic carbocycles. The number of hydrogen-bond acceptors (Lipinski definition) is 3. The van der Waals surface area contributed by atoms with Gasteiger partial charge in [0.05, 0.1) is 0 Å². The van der Waals surface area contributed by atoms with Gasteiger partial charge in [-0.2, -0.15) is 11.8 Å². The second-order valence-electron chi connectivity index (χ2n) is 6.98. The van der Waals surface area contributed by atoms with Gasteiger partial charge < -0.3 is 10.2 Å². The summed E-state index contributed by atoms with van der Waals surface area (Å²) in [6.45, 7) is 9.82. The maximum atomic E-state index is 3.78. The van der Waals surface area contributed by atoms with Gasteiger partial charge in [0, 0.05) is 23.9 Å². The number of thioether (sulfide) groups is 1. The van der Waals surface area contributed by atoms with Crippen molar-refractivity contribution in [3.05, 3.63) is 0 Å². The van der Waals surface area contributed by atoms with E-state index in [1.54, 1.807) is 0 Å². The average molecular weight is 299 g/mol. The highest BCUT2D eigenvalue weighted by atomic mass is 32.2. The standard InChI is InChI=1S/C17H34N2S/c1-4-15(2)16-13-19(12-8-11-18-16)14-17(20-3)9-6-5-7-10-17/h15-16,18H,4-14H2,1-3H3. The fourth-order valence-corrected chi connectivity index (χ4v) is 4.87. The molecular weight excluding hydrogens is 264 g/mol. The lowest BCUT2D eigenvalue weighted by Gasteiger charge is -2.40. The summed E-state index contributed by atoms with van der Waals surface area (Å²) >= 11 is 2.15. The zero-order valence-corrected chi connectivity index (χ0v) is 14.6. The van der Waals surface area contributed by atoms with Crippen LogP contribution in [0.25, 0.3) is 0 Å². The van der Waals surface area contributed by atoms with Crippen molar-refractivity contribution in [2.45, 2.75) is 69.6 Å². The van der Waals surface area contributed by atoms with Crippen molar-refractivity contribution in [3.8, 4) is 0 Å². The third-order valence-electron chi connectivity index (χ3n) is 5.55. The summed E-state index contributed by atoms with van der Waals surface area (Å²) in [7, 11) is 0. The first-order chi connectivity index (χ1) is 9.69. The quantitative estimate of drug-likeness (QED) is 0.832. The summed E-state index contributed by atoms with van der Waals surface area (Å²) in [5, 5.41) is 3.78. The molecule has 1 N–H and O–H groups in total. The van der Waals surface area contributed by atoms with E-state index < -0.39 is 0 Å².